The Kier molecular flexibility index (Phi) is 8.21. The van der Waals surface area contributed by atoms with E-state index in [1.165, 1.54) is 31.0 Å². The van der Waals surface area contributed by atoms with E-state index in [4.69, 9.17) is 48.3 Å². The van der Waals surface area contributed by atoms with Crippen LogP contribution >= 0.6 is 34.8 Å². The van der Waals surface area contributed by atoms with Crippen LogP contribution < -0.4 is 0 Å². The van der Waals surface area contributed by atoms with Crippen molar-refractivity contribution in [1.29, 1.82) is 0 Å². The maximum absolute atomic E-state index is 12.0. The molecule has 1 atom stereocenters. The Balaban J connectivity index is 3.06. The van der Waals surface area contributed by atoms with Crippen LogP contribution in [0.25, 0.3) is 0 Å². The van der Waals surface area contributed by atoms with Crippen LogP contribution in [-0.4, -0.2) is 68.4 Å². The summed E-state index contributed by atoms with van der Waals surface area (Å²) in [5.41, 5.74) is -1.91. The van der Waals surface area contributed by atoms with Crippen molar-refractivity contribution in [2.75, 3.05) is 26.7 Å². The first kappa shape index (κ1) is 23.5. The molecule has 0 N–H and O–H groups in total. The van der Waals surface area contributed by atoms with Crippen LogP contribution in [0.4, 0.5) is 0 Å². The first-order valence-electron chi connectivity index (χ1n) is 7.14. The maximum Gasteiger partial charge on any atom is 0.638 e. The number of hydrogen-bond acceptors (Lipinski definition) is 9. The van der Waals surface area contributed by atoms with Crippen molar-refractivity contribution in [3.63, 3.8) is 0 Å². The summed E-state index contributed by atoms with van der Waals surface area (Å²) < 4.78 is 41.6. The highest BCUT2D eigenvalue weighted by Gasteiger charge is 2.52. The van der Waals surface area contributed by atoms with Gasteiger partial charge in [-0.2, -0.15) is 8.42 Å². The van der Waals surface area contributed by atoms with Crippen molar-refractivity contribution in [3.8, 4) is 0 Å². The number of carbonyl (C=O) groups excluding carboxylic acids is 2. The summed E-state index contributed by atoms with van der Waals surface area (Å²) in [7, 11) is -4.88. The fourth-order valence-electron chi connectivity index (χ4n) is 1.93. The second-order valence-electron chi connectivity index (χ2n) is 5.54. The molecular formula is C12H17BCl3NO8S. The van der Waals surface area contributed by atoms with E-state index in [0.717, 1.165) is 0 Å². The lowest BCUT2D eigenvalue weighted by Gasteiger charge is -2.31. The molecule has 1 aliphatic rings. The summed E-state index contributed by atoms with van der Waals surface area (Å²) in [4.78, 5) is 25.1. The average molecular weight is 453 g/mol. The van der Waals surface area contributed by atoms with Crippen molar-refractivity contribution in [3.05, 3.63) is 12.2 Å². The molecule has 1 heterocycles. The van der Waals surface area contributed by atoms with Crippen molar-refractivity contribution in [2.24, 2.45) is 0 Å². The zero-order valence-electron chi connectivity index (χ0n) is 14.1. The second-order valence-corrected chi connectivity index (χ2v) is 9.27. The second kappa shape index (κ2) is 9.09. The third kappa shape index (κ3) is 7.99. The van der Waals surface area contributed by atoms with Gasteiger partial charge < -0.3 is 9.31 Å². The molecule has 148 valence electrons. The minimum Gasteiger partial charge on any atom is -0.496 e. The Bertz CT molecular complexity index is 648. The molecule has 9 nitrogen and oxygen atoms in total. The molecule has 0 aromatic heterocycles. The molecule has 0 spiro atoms. The van der Waals surface area contributed by atoms with Crippen LogP contribution in [0.3, 0.4) is 0 Å². The monoisotopic (exact) mass is 451 g/mol. The fraction of sp³-hybridized carbons (Fsp3) is 0.667. The van der Waals surface area contributed by atoms with E-state index in [1.54, 1.807) is 6.92 Å². The molecule has 0 saturated carbocycles. The van der Waals surface area contributed by atoms with Crippen LogP contribution in [0.15, 0.2) is 12.2 Å². The minimum atomic E-state index is -4.71. The summed E-state index contributed by atoms with van der Waals surface area (Å²) in [5, 5.41) is 0. The molecule has 1 unspecified atom stereocenters. The van der Waals surface area contributed by atoms with Gasteiger partial charge in [0.15, 0.2) is 5.50 Å². The Labute approximate surface area is 166 Å². The predicted octanol–water partition coefficient (Wildman–Crippen LogP) is 1.03. The Morgan fingerprint density at radius 1 is 1.23 bits per heavy atom. The molecule has 0 aromatic rings. The summed E-state index contributed by atoms with van der Waals surface area (Å²) in [6, 6.07) is 0. The third-order valence-corrected chi connectivity index (χ3v) is 4.19. The smallest absolute Gasteiger partial charge is 0.496 e. The largest absolute Gasteiger partial charge is 0.638 e. The zero-order valence-corrected chi connectivity index (χ0v) is 17.2. The van der Waals surface area contributed by atoms with E-state index < -0.39 is 45.4 Å². The number of hydrogen-bond donors (Lipinski definition) is 0. The van der Waals surface area contributed by atoms with Crippen molar-refractivity contribution in [2.45, 2.75) is 23.1 Å². The maximum atomic E-state index is 12.0. The van der Waals surface area contributed by atoms with Crippen LogP contribution in [0, 0.1) is 0 Å². The van der Waals surface area contributed by atoms with E-state index in [2.05, 4.69) is 4.18 Å². The summed E-state index contributed by atoms with van der Waals surface area (Å²) in [6.07, 6.45) is 2.64. The molecule has 0 aromatic carbocycles. The lowest BCUT2D eigenvalue weighted by molar-refractivity contribution is -0.147. The number of rotatable bonds is 6. The standard InChI is InChI=1S/C12H17BCl3NO8S/c1-4-5-11(2,25-26(20,21)22-8-12(14,15)16)13-23-9(18)6-17(3)7-10(19)24-13/h4-5H,6-8H2,1-3H3/b5-4+. The molecular weight excluding hydrogens is 435 g/mol. The number of allylic oxidation sites excluding steroid dienone is 1. The molecule has 0 aliphatic carbocycles. The molecule has 1 fully saturated rings. The van der Waals surface area contributed by atoms with Crippen LogP contribution in [-0.2, 0) is 37.7 Å². The van der Waals surface area contributed by atoms with Crippen molar-refractivity contribution < 1.29 is 35.7 Å². The van der Waals surface area contributed by atoms with E-state index in [1.807, 2.05) is 0 Å². The highest BCUT2D eigenvalue weighted by atomic mass is 35.6. The summed E-state index contributed by atoms with van der Waals surface area (Å²) in [5.74, 6) is -1.49. The number of halogens is 3. The van der Waals surface area contributed by atoms with Crippen LogP contribution in [0.1, 0.15) is 13.8 Å². The zero-order chi connectivity index (χ0) is 20.2. The van der Waals surface area contributed by atoms with E-state index in [0.29, 0.717) is 0 Å². The number of likely N-dealkylation sites (N-methyl/N-ethyl adjacent to an activating group) is 1. The van der Waals surface area contributed by atoms with Crippen LogP contribution in [0.2, 0.25) is 0 Å². The number of carbonyl (C=O) groups is 2. The van der Waals surface area contributed by atoms with Gasteiger partial charge in [-0.1, -0.05) is 47.0 Å². The molecule has 0 amide bonds. The Morgan fingerprint density at radius 2 is 1.73 bits per heavy atom. The SMILES string of the molecule is C/C=C/C(C)(OS(=O)(=O)OCC(Cl)(Cl)Cl)B1OC(=O)CN(C)CC(=O)O1. The average Bonchev–Trinajstić information content (AvgIpc) is 2.41. The highest BCUT2D eigenvalue weighted by Crippen LogP contribution is 2.29. The van der Waals surface area contributed by atoms with Crippen molar-refractivity contribution >= 4 is 64.3 Å². The normalized spacial score (nSPS) is 20.3. The topological polar surface area (TPSA) is 108 Å². The van der Waals surface area contributed by atoms with Gasteiger partial charge in [-0.15, -0.1) is 0 Å². The Morgan fingerprint density at radius 3 is 2.15 bits per heavy atom. The van der Waals surface area contributed by atoms with Gasteiger partial charge in [0, 0.05) is 0 Å². The fourth-order valence-corrected chi connectivity index (χ4v) is 3.23. The number of alkyl halides is 3. The molecule has 14 heteroatoms. The molecule has 0 bridgehead atoms. The third-order valence-electron chi connectivity index (χ3n) is 2.89. The molecule has 0 radical (unpaired) electrons. The minimum absolute atomic E-state index is 0.200. The lowest BCUT2D eigenvalue weighted by Crippen LogP contribution is -2.55. The van der Waals surface area contributed by atoms with Gasteiger partial charge in [-0.25, -0.2) is 8.37 Å². The van der Waals surface area contributed by atoms with Gasteiger partial charge in [0.25, 0.3) is 0 Å². The molecule has 26 heavy (non-hydrogen) atoms. The quantitative estimate of drug-likeness (QED) is 0.332. The van der Waals surface area contributed by atoms with Gasteiger partial charge in [0.05, 0.1) is 13.1 Å². The van der Waals surface area contributed by atoms with Gasteiger partial charge in [0.1, 0.15) is 6.61 Å². The van der Waals surface area contributed by atoms with Gasteiger partial charge in [-0.3, -0.25) is 14.5 Å². The summed E-state index contributed by atoms with van der Waals surface area (Å²) >= 11 is 16.3. The van der Waals surface area contributed by atoms with Gasteiger partial charge in [-0.05, 0) is 20.9 Å². The molecule has 1 saturated heterocycles. The molecule has 1 rings (SSSR count). The van der Waals surface area contributed by atoms with Gasteiger partial charge in [0.2, 0.25) is 3.79 Å². The van der Waals surface area contributed by atoms with Crippen molar-refractivity contribution in [1.82, 2.24) is 4.90 Å². The highest BCUT2D eigenvalue weighted by molar-refractivity contribution is 7.82. The molecule has 1 aliphatic heterocycles. The van der Waals surface area contributed by atoms with E-state index >= 15 is 0 Å². The predicted molar refractivity (Wildman–Crippen MR) is 94.9 cm³/mol. The van der Waals surface area contributed by atoms with Gasteiger partial charge >= 0.3 is 29.5 Å². The first-order valence-corrected chi connectivity index (χ1v) is 9.61. The Hall–Kier alpha value is -0.555. The first-order chi connectivity index (χ1) is 11.8. The number of nitrogens with zero attached hydrogens (tertiary/aromatic N) is 1. The van der Waals surface area contributed by atoms with Crippen LogP contribution in [0.5, 0.6) is 0 Å². The van der Waals surface area contributed by atoms with E-state index in [9.17, 15) is 18.0 Å². The van der Waals surface area contributed by atoms with E-state index in [-0.39, 0.29) is 13.1 Å². The summed E-state index contributed by atoms with van der Waals surface area (Å²) in [6.45, 7) is 1.56. The lowest BCUT2D eigenvalue weighted by atomic mass is 9.68.